The molecule has 2 aromatic carbocycles. The predicted molar refractivity (Wildman–Crippen MR) is 111 cm³/mol. The Hall–Kier alpha value is -4.14. The van der Waals surface area contributed by atoms with Crippen molar-refractivity contribution in [3.05, 3.63) is 58.9 Å². The number of carbonyl (C=O) groups excluding carboxylic acids is 2. The number of nitrogens with zero attached hydrogens (tertiary/aromatic N) is 2. The standard InChI is InChI=1S/C22H17N3O6/c26-10-24-22-13(6-19(28)29)2-3-14-21(22)20-15(7-23-8-16(20)27)25(14)9-12-1-4-17-18(5-12)31-11-30-17/h1-5,7-8,10,20H,6,9,11H2,(H,24,26)(H,28,29). The SMILES string of the molecule is O=CNc1c(CC(=O)O)ccc2c1C1C(=O)C=NC=C1N2Cc1ccc2c(c1)OCO2. The average Bonchev–Trinajstić information content (AvgIpc) is 3.33. The quantitative estimate of drug-likeness (QED) is 0.690. The Balaban J connectivity index is 1.62. The number of carboxylic acid groups (broad SMARTS) is 1. The summed E-state index contributed by atoms with van der Waals surface area (Å²) in [6.07, 6.45) is 3.09. The molecule has 5 rings (SSSR count). The highest BCUT2D eigenvalue weighted by molar-refractivity contribution is 6.33. The number of rotatable bonds is 6. The molecule has 0 bridgehead atoms. The summed E-state index contributed by atoms with van der Waals surface area (Å²) in [5.41, 5.74) is 3.67. The number of amides is 1. The predicted octanol–water partition coefficient (Wildman–Crippen LogP) is 2.21. The van der Waals surface area contributed by atoms with Crippen molar-refractivity contribution >= 4 is 35.8 Å². The number of Topliss-reactive ketones (excluding diaryl/α,β-unsaturated/α-hetero) is 1. The third kappa shape index (κ3) is 3.10. The van der Waals surface area contributed by atoms with Crippen LogP contribution in [0.15, 0.2) is 47.2 Å². The number of ether oxygens (including phenoxy) is 2. The zero-order valence-corrected chi connectivity index (χ0v) is 16.2. The molecule has 3 aliphatic heterocycles. The molecule has 1 unspecified atom stereocenters. The van der Waals surface area contributed by atoms with Crippen molar-refractivity contribution in [2.75, 3.05) is 17.0 Å². The number of ketones is 1. The van der Waals surface area contributed by atoms with Crippen molar-refractivity contribution < 1.29 is 29.0 Å². The summed E-state index contributed by atoms with van der Waals surface area (Å²) in [7, 11) is 0. The summed E-state index contributed by atoms with van der Waals surface area (Å²) < 4.78 is 10.8. The van der Waals surface area contributed by atoms with Gasteiger partial charge >= 0.3 is 5.97 Å². The van der Waals surface area contributed by atoms with E-state index < -0.39 is 11.9 Å². The van der Waals surface area contributed by atoms with Gasteiger partial charge in [0.15, 0.2) is 17.3 Å². The van der Waals surface area contributed by atoms with Crippen molar-refractivity contribution in [3.8, 4) is 11.5 Å². The second-order valence-electron chi connectivity index (χ2n) is 7.31. The van der Waals surface area contributed by atoms with Crippen molar-refractivity contribution in [2.24, 2.45) is 4.99 Å². The zero-order valence-electron chi connectivity index (χ0n) is 16.2. The first kappa shape index (κ1) is 18.9. The molecular weight excluding hydrogens is 402 g/mol. The minimum atomic E-state index is -1.03. The van der Waals surface area contributed by atoms with Crippen LogP contribution < -0.4 is 19.7 Å². The van der Waals surface area contributed by atoms with Crippen molar-refractivity contribution in [1.29, 1.82) is 0 Å². The fourth-order valence-electron chi connectivity index (χ4n) is 4.26. The summed E-state index contributed by atoms with van der Waals surface area (Å²) in [5.74, 6) is -0.598. The van der Waals surface area contributed by atoms with Crippen LogP contribution in [0.5, 0.6) is 11.5 Å². The molecule has 0 aromatic heterocycles. The normalized spacial score (nSPS) is 17.8. The van der Waals surface area contributed by atoms with Gasteiger partial charge < -0.3 is 24.8 Å². The number of anilines is 2. The van der Waals surface area contributed by atoms with E-state index in [4.69, 9.17) is 9.47 Å². The zero-order chi connectivity index (χ0) is 21.5. The molecule has 2 N–H and O–H groups in total. The number of carboxylic acids is 1. The van der Waals surface area contributed by atoms with Crippen LogP contribution >= 0.6 is 0 Å². The van der Waals surface area contributed by atoms with Crippen molar-refractivity contribution in [1.82, 2.24) is 0 Å². The molecule has 9 nitrogen and oxygen atoms in total. The van der Waals surface area contributed by atoms with Crippen LogP contribution in [0.1, 0.15) is 22.6 Å². The summed E-state index contributed by atoms with van der Waals surface area (Å²) in [6.45, 7) is 0.600. The van der Waals surface area contributed by atoms with E-state index in [2.05, 4.69) is 10.3 Å². The molecule has 1 amide bonds. The fraction of sp³-hybridized carbons (Fsp3) is 0.182. The van der Waals surface area contributed by atoms with E-state index in [1.165, 1.54) is 6.21 Å². The Morgan fingerprint density at radius 1 is 1.26 bits per heavy atom. The topological polar surface area (TPSA) is 118 Å². The highest BCUT2D eigenvalue weighted by Gasteiger charge is 2.41. The van der Waals surface area contributed by atoms with Crippen LogP contribution in [-0.4, -0.2) is 36.3 Å². The Morgan fingerprint density at radius 2 is 2.10 bits per heavy atom. The number of carbonyl (C=O) groups is 3. The van der Waals surface area contributed by atoms with Gasteiger partial charge in [0, 0.05) is 24.0 Å². The Morgan fingerprint density at radius 3 is 2.90 bits per heavy atom. The van der Waals surface area contributed by atoms with Gasteiger partial charge in [-0.1, -0.05) is 12.1 Å². The van der Waals surface area contributed by atoms with E-state index in [-0.39, 0.29) is 19.0 Å². The first-order valence-corrected chi connectivity index (χ1v) is 9.57. The first-order valence-electron chi connectivity index (χ1n) is 9.57. The molecular formula is C22H17N3O6. The molecule has 2 aromatic rings. The third-order valence-corrected chi connectivity index (χ3v) is 5.51. The van der Waals surface area contributed by atoms with E-state index >= 15 is 0 Å². The maximum atomic E-state index is 12.8. The van der Waals surface area contributed by atoms with Crippen LogP contribution in [0.3, 0.4) is 0 Å². The molecule has 3 heterocycles. The lowest BCUT2D eigenvalue weighted by Gasteiger charge is -2.23. The summed E-state index contributed by atoms with van der Waals surface area (Å²) in [5, 5.41) is 11.9. The van der Waals surface area contributed by atoms with Crippen LogP contribution in [0.25, 0.3) is 0 Å². The number of hydrogen-bond acceptors (Lipinski definition) is 7. The maximum absolute atomic E-state index is 12.8. The number of hydrogen-bond donors (Lipinski definition) is 2. The van der Waals surface area contributed by atoms with Crippen LogP contribution in [0.4, 0.5) is 11.4 Å². The van der Waals surface area contributed by atoms with E-state index in [1.807, 2.05) is 23.1 Å². The highest BCUT2D eigenvalue weighted by atomic mass is 16.7. The molecule has 0 fully saturated rings. The fourth-order valence-corrected chi connectivity index (χ4v) is 4.26. The van der Waals surface area contributed by atoms with Gasteiger partial charge in [0.1, 0.15) is 0 Å². The van der Waals surface area contributed by atoms with E-state index in [0.29, 0.717) is 52.7 Å². The number of benzene rings is 2. The number of allylic oxidation sites excluding steroid dienone is 1. The average molecular weight is 419 g/mol. The largest absolute Gasteiger partial charge is 0.481 e. The van der Waals surface area contributed by atoms with Crippen LogP contribution in [0.2, 0.25) is 0 Å². The molecule has 0 saturated heterocycles. The minimum Gasteiger partial charge on any atom is -0.481 e. The second-order valence-corrected chi connectivity index (χ2v) is 7.31. The second kappa shape index (κ2) is 7.28. The van der Waals surface area contributed by atoms with Crippen LogP contribution in [0, 0.1) is 0 Å². The number of fused-ring (bicyclic) bond motifs is 4. The Labute approximate surface area is 176 Å². The highest BCUT2D eigenvalue weighted by Crippen LogP contribution is 2.50. The van der Waals surface area contributed by atoms with Gasteiger partial charge in [-0.25, -0.2) is 0 Å². The van der Waals surface area contributed by atoms with E-state index in [9.17, 15) is 19.5 Å². The lowest BCUT2D eigenvalue weighted by molar-refractivity contribution is -0.136. The molecule has 0 spiro atoms. The first-order chi connectivity index (χ1) is 15.1. The lowest BCUT2D eigenvalue weighted by Crippen LogP contribution is -2.24. The molecule has 9 heteroatoms. The van der Waals surface area contributed by atoms with Gasteiger partial charge in [-0.05, 0) is 29.3 Å². The Bertz CT molecular complexity index is 1190. The molecule has 0 saturated carbocycles. The molecule has 3 aliphatic rings. The maximum Gasteiger partial charge on any atom is 0.307 e. The monoisotopic (exact) mass is 419 g/mol. The summed E-state index contributed by atoms with van der Waals surface area (Å²) >= 11 is 0. The molecule has 156 valence electrons. The Kier molecular flexibility index (Phi) is 4.43. The molecule has 1 atom stereocenters. The van der Waals surface area contributed by atoms with Crippen LogP contribution in [-0.2, 0) is 27.3 Å². The smallest absolute Gasteiger partial charge is 0.307 e. The van der Waals surface area contributed by atoms with Gasteiger partial charge in [0.25, 0.3) is 0 Å². The molecule has 0 radical (unpaired) electrons. The van der Waals surface area contributed by atoms with Crippen molar-refractivity contribution in [2.45, 2.75) is 18.9 Å². The van der Waals surface area contributed by atoms with E-state index in [1.54, 1.807) is 18.3 Å². The third-order valence-electron chi connectivity index (χ3n) is 5.51. The minimum absolute atomic E-state index is 0.175. The molecule has 0 aliphatic carbocycles. The van der Waals surface area contributed by atoms with Gasteiger partial charge in [-0.3, -0.25) is 19.4 Å². The lowest BCUT2D eigenvalue weighted by atomic mass is 9.90. The summed E-state index contributed by atoms with van der Waals surface area (Å²) in [6, 6.07) is 9.07. The number of nitrogens with one attached hydrogen (secondary N) is 1. The van der Waals surface area contributed by atoms with Gasteiger partial charge in [0.2, 0.25) is 13.2 Å². The van der Waals surface area contributed by atoms with E-state index in [0.717, 1.165) is 5.56 Å². The van der Waals surface area contributed by atoms with Crippen molar-refractivity contribution in [3.63, 3.8) is 0 Å². The molecule has 31 heavy (non-hydrogen) atoms. The van der Waals surface area contributed by atoms with Gasteiger partial charge in [-0.2, -0.15) is 0 Å². The summed E-state index contributed by atoms with van der Waals surface area (Å²) in [4.78, 5) is 41.5. The van der Waals surface area contributed by atoms with Gasteiger partial charge in [-0.15, -0.1) is 0 Å². The van der Waals surface area contributed by atoms with Gasteiger partial charge in [0.05, 0.1) is 29.9 Å². The number of aliphatic imine (C=N–C) groups is 1. The number of aliphatic carboxylic acids is 1.